The third kappa shape index (κ3) is 28.5. The van der Waals surface area contributed by atoms with Crippen molar-refractivity contribution in [3.63, 3.8) is 0 Å². The first kappa shape index (κ1) is 62.5. The molecule has 398 valence electrons. The number of aliphatic hydroxyl groups excluding tert-OH is 7. The molecule has 4 unspecified atom stereocenters. The van der Waals surface area contributed by atoms with Gasteiger partial charge >= 0.3 is 11.9 Å². The Morgan fingerprint density at radius 1 is 0.471 bits per heavy atom. The van der Waals surface area contributed by atoms with Crippen molar-refractivity contribution in [3.8, 4) is 0 Å². The third-order valence-corrected chi connectivity index (χ3v) is 11.5. The normalized spacial score (nSPS) is 26.2. The molecular formula is C55H88O15. The lowest BCUT2D eigenvalue weighted by molar-refractivity contribution is -0.332. The second-order valence-corrected chi connectivity index (χ2v) is 17.6. The maximum atomic E-state index is 13.0. The fourth-order valence-corrected chi connectivity index (χ4v) is 7.32. The topological polar surface area (TPSA) is 231 Å². The lowest BCUT2D eigenvalue weighted by atomic mass is 9.98. The van der Waals surface area contributed by atoms with E-state index in [2.05, 4.69) is 98.9 Å². The van der Waals surface area contributed by atoms with Gasteiger partial charge in [0.25, 0.3) is 0 Å². The summed E-state index contributed by atoms with van der Waals surface area (Å²) in [5.74, 6) is -1.03. The number of hydrogen-bond acceptors (Lipinski definition) is 15. The van der Waals surface area contributed by atoms with Gasteiger partial charge in [0, 0.05) is 12.8 Å². The molecule has 0 bridgehead atoms. The quantitative estimate of drug-likeness (QED) is 0.0182. The van der Waals surface area contributed by atoms with Gasteiger partial charge in [0.15, 0.2) is 18.7 Å². The average Bonchev–Trinajstić information content (AvgIpc) is 3.35. The molecule has 2 fully saturated rings. The molecule has 11 atom stereocenters. The molecule has 2 rings (SSSR count). The zero-order chi connectivity index (χ0) is 51.0. The van der Waals surface area contributed by atoms with E-state index in [1.54, 1.807) is 0 Å². The standard InChI is InChI=1S/C55H88O15/c1-3-5-7-9-11-13-15-17-19-21-23-25-27-29-31-33-35-37-46(57)65-40-43(68-47(58)38-36-34-32-30-28-26-24-22-20-18-16-14-12-10-8-6-4-2)41-66-54-53(64)51(62)49(60)45(70-54)42-67-55-52(63)50(61)48(59)44(39-56)69-55/h6,8,11-14,17-20,23-26,30,32,43-45,48-56,59-64H,3-5,7,9-10,15-16,21-22,27-29,31,33-42H2,1-2H3/b8-6+,13-11+,14-12+,19-17+,20-18+,25-23+,26-24+,32-30+/t43-,44+,45+,48-,49-,50?,51?,52?,53?,54+,55+/m0/s1. The van der Waals surface area contributed by atoms with Gasteiger partial charge in [0.05, 0.1) is 19.8 Å². The van der Waals surface area contributed by atoms with E-state index in [1.807, 2.05) is 12.2 Å². The summed E-state index contributed by atoms with van der Waals surface area (Å²) in [5.41, 5.74) is 0. The van der Waals surface area contributed by atoms with E-state index in [4.69, 9.17) is 28.4 Å². The Kier molecular flexibility index (Phi) is 36.6. The Balaban J connectivity index is 1.85. The molecule has 15 nitrogen and oxygen atoms in total. The summed E-state index contributed by atoms with van der Waals surface area (Å²) >= 11 is 0. The lowest BCUT2D eigenvalue weighted by Crippen LogP contribution is -2.61. The maximum absolute atomic E-state index is 13.0. The molecule has 15 heteroatoms. The van der Waals surface area contributed by atoms with Crippen molar-refractivity contribution in [1.82, 2.24) is 0 Å². The minimum absolute atomic E-state index is 0.0757. The maximum Gasteiger partial charge on any atom is 0.306 e. The van der Waals surface area contributed by atoms with Crippen molar-refractivity contribution in [2.24, 2.45) is 0 Å². The first-order valence-corrected chi connectivity index (χ1v) is 25.8. The molecule has 7 N–H and O–H groups in total. The zero-order valence-electron chi connectivity index (χ0n) is 42.0. The van der Waals surface area contributed by atoms with Gasteiger partial charge in [-0.25, -0.2) is 0 Å². The summed E-state index contributed by atoms with van der Waals surface area (Å²) in [6.45, 7) is 2.34. The Bertz CT molecular complexity index is 1580. The van der Waals surface area contributed by atoms with Crippen LogP contribution in [0.5, 0.6) is 0 Å². The smallest absolute Gasteiger partial charge is 0.306 e. The zero-order valence-corrected chi connectivity index (χ0v) is 42.0. The molecule has 0 saturated carbocycles. The van der Waals surface area contributed by atoms with Crippen LogP contribution in [0, 0.1) is 0 Å². The van der Waals surface area contributed by atoms with Crippen molar-refractivity contribution < 1.29 is 73.8 Å². The van der Waals surface area contributed by atoms with Crippen LogP contribution in [-0.2, 0) is 38.0 Å². The van der Waals surface area contributed by atoms with E-state index in [-0.39, 0.29) is 19.4 Å². The van der Waals surface area contributed by atoms with Gasteiger partial charge in [-0.15, -0.1) is 0 Å². The molecule has 2 aliphatic rings. The monoisotopic (exact) mass is 989 g/mol. The van der Waals surface area contributed by atoms with E-state index in [0.29, 0.717) is 19.3 Å². The lowest BCUT2D eigenvalue weighted by Gasteiger charge is -2.42. The van der Waals surface area contributed by atoms with Crippen LogP contribution in [0.1, 0.15) is 142 Å². The largest absolute Gasteiger partial charge is 0.462 e. The molecule has 2 aliphatic heterocycles. The summed E-state index contributed by atoms with van der Waals surface area (Å²) in [4.78, 5) is 25.8. The molecule has 0 aromatic heterocycles. The fourth-order valence-electron chi connectivity index (χ4n) is 7.32. The SMILES string of the molecule is CC/C=C/C/C=C/C/C=C/C/C=C/C/C=C/CCCC(=O)O[C@@H](COC(=O)CCCCCC/C=C/C/C=C/C/C=C/CCCCC)CO[C@@H]1O[C@H](CO[C@@H]2O[C@H](CO)[C@H](O)C(O)C2O)[C@H](O)C(O)C1O. The van der Waals surface area contributed by atoms with Gasteiger partial charge in [0.2, 0.25) is 0 Å². The first-order chi connectivity index (χ1) is 34.0. The Morgan fingerprint density at radius 3 is 1.44 bits per heavy atom. The molecular weight excluding hydrogens is 901 g/mol. The van der Waals surface area contributed by atoms with Crippen LogP contribution in [0.15, 0.2) is 97.2 Å². The number of allylic oxidation sites excluding steroid dienone is 16. The third-order valence-electron chi connectivity index (χ3n) is 11.5. The second-order valence-electron chi connectivity index (χ2n) is 17.6. The summed E-state index contributed by atoms with van der Waals surface area (Å²) in [6.07, 6.45) is 34.4. The van der Waals surface area contributed by atoms with Crippen LogP contribution >= 0.6 is 0 Å². The number of unbranched alkanes of at least 4 members (excludes halogenated alkanes) is 8. The summed E-state index contributed by atoms with van der Waals surface area (Å²) in [6, 6.07) is 0. The number of aliphatic hydroxyl groups is 7. The summed E-state index contributed by atoms with van der Waals surface area (Å²) in [5, 5.41) is 72.1. The van der Waals surface area contributed by atoms with Crippen molar-refractivity contribution in [1.29, 1.82) is 0 Å². The molecule has 0 spiro atoms. The van der Waals surface area contributed by atoms with Crippen molar-refractivity contribution >= 4 is 11.9 Å². The number of esters is 2. The minimum atomic E-state index is -1.78. The van der Waals surface area contributed by atoms with Crippen LogP contribution in [-0.4, -0.2) is 142 Å². The van der Waals surface area contributed by atoms with Crippen molar-refractivity contribution in [2.75, 3.05) is 26.4 Å². The Labute approximate surface area is 417 Å². The second kappa shape index (κ2) is 41.0. The molecule has 2 heterocycles. The number of rotatable bonds is 38. The van der Waals surface area contributed by atoms with Crippen molar-refractivity contribution in [2.45, 2.75) is 210 Å². The molecule has 0 radical (unpaired) electrons. The average molecular weight is 989 g/mol. The molecule has 0 amide bonds. The van der Waals surface area contributed by atoms with Gasteiger partial charge in [-0.05, 0) is 89.9 Å². The number of carbonyl (C=O) groups is 2. The van der Waals surface area contributed by atoms with Crippen LogP contribution in [0.3, 0.4) is 0 Å². The highest BCUT2D eigenvalue weighted by atomic mass is 16.7. The number of hydrogen-bond donors (Lipinski definition) is 7. The van der Waals surface area contributed by atoms with Crippen LogP contribution < -0.4 is 0 Å². The highest BCUT2D eigenvalue weighted by Crippen LogP contribution is 2.26. The molecule has 0 aromatic carbocycles. The van der Waals surface area contributed by atoms with E-state index in [0.717, 1.165) is 77.0 Å². The number of carbonyl (C=O) groups excluding carboxylic acids is 2. The molecule has 0 aromatic rings. The summed E-state index contributed by atoms with van der Waals surface area (Å²) < 4.78 is 33.5. The highest BCUT2D eigenvalue weighted by molar-refractivity contribution is 5.70. The van der Waals surface area contributed by atoms with Gasteiger partial charge in [-0.3, -0.25) is 9.59 Å². The van der Waals surface area contributed by atoms with Gasteiger partial charge in [-0.2, -0.15) is 0 Å². The molecule has 70 heavy (non-hydrogen) atoms. The van der Waals surface area contributed by atoms with E-state index >= 15 is 0 Å². The first-order valence-electron chi connectivity index (χ1n) is 25.8. The van der Waals surface area contributed by atoms with Crippen LogP contribution in [0.4, 0.5) is 0 Å². The van der Waals surface area contributed by atoms with E-state index in [1.165, 1.54) is 19.3 Å². The highest BCUT2D eigenvalue weighted by Gasteiger charge is 2.47. The van der Waals surface area contributed by atoms with E-state index < -0.39 is 99.3 Å². The Morgan fingerprint density at radius 2 is 0.914 bits per heavy atom. The minimum Gasteiger partial charge on any atom is -0.462 e. The predicted octanol–water partition coefficient (Wildman–Crippen LogP) is 7.37. The van der Waals surface area contributed by atoms with Gasteiger partial charge < -0.3 is 64.2 Å². The Hall–Kier alpha value is -3.58. The fraction of sp³-hybridized carbons (Fsp3) is 0.673. The van der Waals surface area contributed by atoms with Crippen LogP contribution in [0.25, 0.3) is 0 Å². The molecule has 0 aliphatic carbocycles. The summed E-state index contributed by atoms with van der Waals surface area (Å²) in [7, 11) is 0. The van der Waals surface area contributed by atoms with Gasteiger partial charge in [0.1, 0.15) is 55.4 Å². The van der Waals surface area contributed by atoms with Gasteiger partial charge in [-0.1, -0.05) is 137 Å². The number of ether oxygens (including phenoxy) is 6. The van der Waals surface area contributed by atoms with Crippen molar-refractivity contribution in [3.05, 3.63) is 97.2 Å². The van der Waals surface area contributed by atoms with Crippen LogP contribution in [0.2, 0.25) is 0 Å². The molecule has 2 saturated heterocycles. The predicted molar refractivity (Wildman–Crippen MR) is 270 cm³/mol. The van der Waals surface area contributed by atoms with E-state index in [9.17, 15) is 45.3 Å².